The molecule has 0 N–H and O–H groups in total. The minimum Gasteiger partial charge on any atom is -0.451 e. The van der Waals surface area contributed by atoms with Gasteiger partial charge in [-0.1, -0.05) is 11.6 Å². The van der Waals surface area contributed by atoms with Crippen LogP contribution in [0.2, 0.25) is 5.02 Å². The van der Waals surface area contributed by atoms with Gasteiger partial charge in [-0.15, -0.1) is 0 Å². The van der Waals surface area contributed by atoms with E-state index < -0.39 is 0 Å². The van der Waals surface area contributed by atoms with Gasteiger partial charge < -0.3 is 14.2 Å². The highest BCUT2D eigenvalue weighted by Gasteiger charge is 2.31. The number of halogens is 1. The third kappa shape index (κ3) is 3.45. The number of carbonyl (C=O) groups excluding carboxylic acids is 2. The highest BCUT2D eigenvalue weighted by atomic mass is 35.5. The van der Waals surface area contributed by atoms with Crippen molar-refractivity contribution in [2.75, 3.05) is 26.2 Å². The molecule has 2 fully saturated rings. The van der Waals surface area contributed by atoms with Crippen LogP contribution < -0.4 is 0 Å². The van der Waals surface area contributed by atoms with Crippen LogP contribution in [0.5, 0.6) is 0 Å². The number of amides is 2. The summed E-state index contributed by atoms with van der Waals surface area (Å²) < 4.78 is 5.68. The Morgan fingerprint density at radius 2 is 1.69 bits per heavy atom. The van der Waals surface area contributed by atoms with E-state index in [1.807, 2.05) is 4.90 Å². The zero-order valence-corrected chi connectivity index (χ0v) is 15.5. The lowest BCUT2D eigenvalue weighted by atomic mass is 9.94. The van der Waals surface area contributed by atoms with Gasteiger partial charge in [0.15, 0.2) is 5.76 Å². The van der Waals surface area contributed by atoms with Crippen molar-refractivity contribution in [2.24, 2.45) is 5.92 Å². The summed E-state index contributed by atoms with van der Waals surface area (Å²) in [6, 6.07) is 7.06. The van der Waals surface area contributed by atoms with E-state index in [4.69, 9.17) is 16.0 Å². The molecular weight excluding hydrogens is 352 g/mol. The maximum absolute atomic E-state index is 12.7. The van der Waals surface area contributed by atoms with Crippen LogP contribution in [0.15, 0.2) is 28.7 Å². The van der Waals surface area contributed by atoms with Crippen molar-refractivity contribution in [1.29, 1.82) is 0 Å². The van der Waals surface area contributed by atoms with Crippen molar-refractivity contribution in [3.63, 3.8) is 0 Å². The highest BCUT2D eigenvalue weighted by molar-refractivity contribution is 6.31. The van der Waals surface area contributed by atoms with Crippen LogP contribution in [-0.4, -0.2) is 47.8 Å². The Hall–Kier alpha value is -2.01. The average Bonchev–Trinajstić information content (AvgIpc) is 3.11. The van der Waals surface area contributed by atoms with Gasteiger partial charge in [0, 0.05) is 42.5 Å². The molecule has 6 heteroatoms. The molecule has 5 nitrogen and oxygen atoms in total. The molecule has 0 atom stereocenters. The van der Waals surface area contributed by atoms with Crippen molar-refractivity contribution < 1.29 is 14.0 Å². The van der Waals surface area contributed by atoms with Gasteiger partial charge in [0.2, 0.25) is 5.91 Å². The number of likely N-dealkylation sites (tertiary alicyclic amines) is 2. The Labute approximate surface area is 157 Å². The maximum atomic E-state index is 12.7. The molecule has 138 valence electrons. The summed E-state index contributed by atoms with van der Waals surface area (Å²) in [4.78, 5) is 29.2. The molecule has 2 aromatic rings. The Kier molecular flexibility index (Phi) is 4.90. The standard InChI is InChI=1S/C20H23ClN2O3/c21-16-4-5-17-15(12-16)13-18(26-17)20(25)23-10-6-14(7-11-23)19(24)22-8-2-1-3-9-22/h4-5,12-14H,1-3,6-11H2. The second-order valence-corrected chi connectivity index (χ2v) is 7.68. The molecule has 0 unspecified atom stereocenters. The monoisotopic (exact) mass is 374 g/mol. The van der Waals surface area contributed by atoms with Crippen LogP contribution in [0.4, 0.5) is 0 Å². The molecular formula is C20H23ClN2O3. The average molecular weight is 375 g/mol. The lowest BCUT2D eigenvalue weighted by molar-refractivity contribution is -0.137. The lowest BCUT2D eigenvalue weighted by Crippen LogP contribution is -2.45. The SMILES string of the molecule is O=C(c1cc2cc(Cl)ccc2o1)N1CCC(C(=O)N2CCCCC2)CC1. The van der Waals surface area contributed by atoms with E-state index in [1.165, 1.54) is 6.42 Å². The van der Waals surface area contributed by atoms with Gasteiger partial charge in [-0.25, -0.2) is 0 Å². The van der Waals surface area contributed by atoms with Crippen LogP contribution in [0, 0.1) is 5.92 Å². The largest absolute Gasteiger partial charge is 0.451 e. The van der Waals surface area contributed by atoms with Crippen LogP contribution in [0.3, 0.4) is 0 Å². The molecule has 0 radical (unpaired) electrons. The number of piperidine rings is 2. The zero-order valence-electron chi connectivity index (χ0n) is 14.7. The molecule has 2 aliphatic rings. The number of furan rings is 1. The van der Waals surface area contributed by atoms with Gasteiger partial charge >= 0.3 is 0 Å². The summed E-state index contributed by atoms with van der Waals surface area (Å²) >= 11 is 5.99. The molecule has 1 aromatic carbocycles. The molecule has 2 amide bonds. The smallest absolute Gasteiger partial charge is 0.289 e. The third-order valence-electron chi connectivity index (χ3n) is 5.49. The number of fused-ring (bicyclic) bond motifs is 1. The van der Waals surface area contributed by atoms with E-state index >= 15 is 0 Å². The second kappa shape index (κ2) is 7.31. The summed E-state index contributed by atoms with van der Waals surface area (Å²) in [5.41, 5.74) is 0.660. The van der Waals surface area contributed by atoms with Crippen LogP contribution in [0.1, 0.15) is 42.7 Å². The van der Waals surface area contributed by atoms with Crippen molar-refractivity contribution >= 4 is 34.4 Å². The van der Waals surface area contributed by atoms with Gasteiger partial charge in [-0.3, -0.25) is 9.59 Å². The molecule has 0 bridgehead atoms. The number of rotatable bonds is 2. The minimum atomic E-state index is -0.110. The first-order valence-corrected chi connectivity index (χ1v) is 9.77. The molecule has 26 heavy (non-hydrogen) atoms. The second-order valence-electron chi connectivity index (χ2n) is 7.25. The number of hydrogen-bond acceptors (Lipinski definition) is 3. The van der Waals surface area contributed by atoms with Gasteiger partial charge in [-0.05, 0) is 56.4 Å². The first-order chi connectivity index (χ1) is 12.6. The Bertz CT molecular complexity index is 818. The molecule has 0 spiro atoms. The van der Waals surface area contributed by atoms with E-state index in [0.717, 1.165) is 44.2 Å². The topological polar surface area (TPSA) is 53.8 Å². The molecule has 0 saturated carbocycles. The zero-order chi connectivity index (χ0) is 18.1. The molecule has 1 aromatic heterocycles. The normalized spacial score (nSPS) is 19.1. The number of carbonyl (C=O) groups is 2. The van der Waals surface area contributed by atoms with Crippen LogP contribution in [-0.2, 0) is 4.79 Å². The summed E-state index contributed by atoms with van der Waals surface area (Å²) in [5.74, 6) is 0.547. The van der Waals surface area contributed by atoms with E-state index in [-0.39, 0.29) is 17.7 Å². The van der Waals surface area contributed by atoms with Gasteiger partial charge in [0.1, 0.15) is 5.58 Å². The van der Waals surface area contributed by atoms with E-state index in [9.17, 15) is 9.59 Å². The Balaban J connectivity index is 1.38. The first-order valence-electron chi connectivity index (χ1n) is 9.39. The predicted molar refractivity (Wildman–Crippen MR) is 100 cm³/mol. The van der Waals surface area contributed by atoms with E-state index in [0.29, 0.717) is 29.5 Å². The van der Waals surface area contributed by atoms with Crippen molar-refractivity contribution in [2.45, 2.75) is 32.1 Å². The molecule has 0 aliphatic carbocycles. The predicted octanol–water partition coefficient (Wildman–Crippen LogP) is 3.95. The minimum absolute atomic E-state index is 0.0478. The van der Waals surface area contributed by atoms with Gasteiger partial charge in [0.25, 0.3) is 5.91 Å². The highest BCUT2D eigenvalue weighted by Crippen LogP contribution is 2.26. The summed E-state index contributed by atoms with van der Waals surface area (Å²) in [5, 5.41) is 1.45. The Morgan fingerprint density at radius 1 is 0.962 bits per heavy atom. The maximum Gasteiger partial charge on any atom is 0.289 e. The molecule has 4 rings (SSSR count). The third-order valence-corrected chi connectivity index (χ3v) is 5.72. The van der Waals surface area contributed by atoms with Gasteiger partial charge in [0.05, 0.1) is 0 Å². The van der Waals surface area contributed by atoms with E-state index in [2.05, 4.69) is 0 Å². The number of benzene rings is 1. The lowest BCUT2D eigenvalue weighted by Gasteiger charge is -2.35. The van der Waals surface area contributed by atoms with E-state index in [1.54, 1.807) is 29.2 Å². The number of nitrogens with zero attached hydrogens (tertiary/aromatic N) is 2. The quantitative estimate of drug-likeness (QED) is 0.799. The first kappa shape index (κ1) is 17.4. The summed E-state index contributed by atoms with van der Waals surface area (Å²) in [7, 11) is 0. The fraction of sp³-hybridized carbons (Fsp3) is 0.500. The van der Waals surface area contributed by atoms with Crippen LogP contribution in [0.25, 0.3) is 11.0 Å². The molecule has 2 aliphatic heterocycles. The van der Waals surface area contributed by atoms with Gasteiger partial charge in [-0.2, -0.15) is 0 Å². The van der Waals surface area contributed by atoms with Crippen LogP contribution >= 0.6 is 11.6 Å². The fourth-order valence-corrected chi connectivity index (χ4v) is 4.16. The molecule has 3 heterocycles. The van der Waals surface area contributed by atoms with Crippen molar-refractivity contribution in [3.8, 4) is 0 Å². The summed E-state index contributed by atoms with van der Waals surface area (Å²) in [6.45, 7) is 2.97. The number of hydrogen-bond donors (Lipinski definition) is 0. The van der Waals surface area contributed by atoms with Crippen molar-refractivity contribution in [3.05, 3.63) is 35.0 Å². The molecule has 2 saturated heterocycles. The summed E-state index contributed by atoms with van der Waals surface area (Å²) in [6.07, 6.45) is 4.90. The Morgan fingerprint density at radius 3 is 2.42 bits per heavy atom. The van der Waals surface area contributed by atoms with Crippen molar-refractivity contribution in [1.82, 2.24) is 9.80 Å². The fourth-order valence-electron chi connectivity index (χ4n) is 3.98.